The maximum Gasteiger partial charge on any atom is 0.269 e. The van der Waals surface area contributed by atoms with Gasteiger partial charge in [-0.2, -0.15) is 5.26 Å². The Bertz CT molecular complexity index is 886. The van der Waals surface area contributed by atoms with Gasteiger partial charge in [-0.15, -0.1) is 0 Å². The van der Waals surface area contributed by atoms with Gasteiger partial charge in [-0.05, 0) is 42.8 Å². The molecule has 7 nitrogen and oxygen atoms in total. The Balaban J connectivity index is 2.09. The number of hydrogen-bond acceptors (Lipinski definition) is 5. The third-order valence-electron chi connectivity index (χ3n) is 3.26. The monoisotopic (exact) mass is 356 g/mol. The van der Waals surface area contributed by atoms with E-state index in [9.17, 15) is 14.9 Å². The number of non-ortho nitro benzene ring substituents is 1. The van der Waals surface area contributed by atoms with Gasteiger partial charge in [0.1, 0.15) is 11.6 Å². The van der Waals surface area contributed by atoms with E-state index in [0.29, 0.717) is 16.4 Å². The number of aryl methyl sites for hydroxylation is 1. The summed E-state index contributed by atoms with van der Waals surface area (Å²) in [6.45, 7) is 1.84. The maximum atomic E-state index is 12.1. The van der Waals surface area contributed by atoms with Crippen LogP contribution < -0.4 is 10.6 Å². The van der Waals surface area contributed by atoms with Crippen molar-refractivity contribution in [3.8, 4) is 6.07 Å². The van der Waals surface area contributed by atoms with Crippen molar-refractivity contribution in [2.75, 3.05) is 10.6 Å². The first-order valence-corrected chi connectivity index (χ1v) is 7.47. The fraction of sp³-hybridized carbons (Fsp3) is 0.0588. The first-order chi connectivity index (χ1) is 11.9. The molecule has 0 radical (unpaired) electrons. The number of rotatable bonds is 5. The Morgan fingerprint density at radius 3 is 2.52 bits per heavy atom. The lowest BCUT2D eigenvalue weighted by Crippen LogP contribution is -2.14. The van der Waals surface area contributed by atoms with Crippen LogP contribution in [0.4, 0.5) is 17.1 Å². The molecule has 0 atom stereocenters. The number of carbonyl (C=O) groups is 1. The van der Waals surface area contributed by atoms with Crippen LogP contribution in [0.5, 0.6) is 0 Å². The molecule has 2 aromatic carbocycles. The van der Waals surface area contributed by atoms with E-state index in [-0.39, 0.29) is 11.3 Å². The number of anilines is 2. The summed E-state index contributed by atoms with van der Waals surface area (Å²) in [6, 6.07) is 12.3. The van der Waals surface area contributed by atoms with Crippen molar-refractivity contribution < 1.29 is 9.72 Å². The minimum Gasteiger partial charge on any atom is -0.360 e. The number of halogens is 1. The second-order valence-corrected chi connectivity index (χ2v) is 5.47. The molecule has 0 aromatic heterocycles. The number of carbonyl (C=O) groups excluding carboxylic acids is 1. The Labute approximate surface area is 148 Å². The standard InChI is InChI=1S/C17H13ClN4O3/c1-11-8-13(18)2-7-16(11)20-10-12(9-19)17(23)21-14-3-5-15(6-4-14)22(24)25/h2-8,10,20H,1H3,(H,21,23)/b12-10-. The molecule has 126 valence electrons. The molecule has 8 heteroatoms. The second-order valence-electron chi connectivity index (χ2n) is 5.03. The van der Waals surface area contributed by atoms with Crippen LogP contribution in [0.15, 0.2) is 54.2 Å². The predicted octanol–water partition coefficient (Wildman–Crippen LogP) is 4.01. The zero-order valence-electron chi connectivity index (χ0n) is 13.1. The Hall–Kier alpha value is -3.37. The minimum absolute atomic E-state index is 0.0890. The van der Waals surface area contributed by atoms with Gasteiger partial charge in [0.25, 0.3) is 11.6 Å². The molecule has 0 aliphatic heterocycles. The average molecular weight is 357 g/mol. The summed E-state index contributed by atoms with van der Waals surface area (Å²) in [5.41, 5.74) is 1.68. The molecule has 0 aliphatic carbocycles. The van der Waals surface area contributed by atoms with E-state index in [1.807, 2.05) is 6.92 Å². The van der Waals surface area contributed by atoms with Crippen LogP contribution in [-0.2, 0) is 4.79 Å². The summed E-state index contributed by atoms with van der Waals surface area (Å²) in [5, 5.41) is 25.7. The largest absolute Gasteiger partial charge is 0.360 e. The lowest BCUT2D eigenvalue weighted by Gasteiger charge is -2.07. The van der Waals surface area contributed by atoms with Gasteiger partial charge in [0.05, 0.1) is 4.92 Å². The van der Waals surface area contributed by atoms with E-state index in [4.69, 9.17) is 16.9 Å². The highest BCUT2D eigenvalue weighted by atomic mass is 35.5. The molecule has 0 aliphatic rings. The molecule has 0 bridgehead atoms. The van der Waals surface area contributed by atoms with Gasteiger partial charge >= 0.3 is 0 Å². The van der Waals surface area contributed by atoms with Crippen molar-refractivity contribution in [1.29, 1.82) is 5.26 Å². The number of nitrogens with one attached hydrogen (secondary N) is 2. The van der Waals surface area contributed by atoms with Crippen LogP contribution in [0, 0.1) is 28.4 Å². The molecule has 2 aromatic rings. The Morgan fingerprint density at radius 1 is 1.28 bits per heavy atom. The number of hydrogen-bond donors (Lipinski definition) is 2. The van der Waals surface area contributed by atoms with Gasteiger partial charge in [0.2, 0.25) is 0 Å². The van der Waals surface area contributed by atoms with Gasteiger partial charge in [-0.1, -0.05) is 11.6 Å². The topological polar surface area (TPSA) is 108 Å². The lowest BCUT2D eigenvalue weighted by atomic mass is 10.2. The first-order valence-electron chi connectivity index (χ1n) is 7.09. The predicted molar refractivity (Wildman–Crippen MR) is 95.2 cm³/mol. The summed E-state index contributed by atoms with van der Waals surface area (Å²) in [7, 11) is 0. The molecule has 0 heterocycles. The summed E-state index contributed by atoms with van der Waals surface area (Å²) in [5.74, 6) is -0.629. The van der Waals surface area contributed by atoms with Gasteiger partial charge in [-0.25, -0.2) is 0 Å². The highest BCUT2D eigenvalue weighted by Gasteiger charge is 2.11. The third kappa shape index (κ3) is 4.80. The van der Waals surface area contributed by atoms with Crippen molar-refractivity contribution >= 4 is 34.6 Å². The minimum atomic E-state index is -0.629. The van der Waals surface area contributed by atoms with Crippen molar-refractivity contribution in [3.05, 3.63) is 74.9 Å². The smallest absolute Gasteiger partial charge is 0.269 e. The van der Waals surface area contributed by atoms with Gasteiger partial charge in [0, 0.05) is 34.7 Å². The van der Waals surface area contributed by atoms with Gasteiger partial charge in [0.15, 0.2) is 0 Å². The third-order valence-corrected chi connectivity index (χ3v) is 3.50. The molecular weight excluding hydrogens is 344 g/mol. The first kappa shape index (κ1) is 18.0. The normalized spacial score (nSPS) is 10.7. The maximum absolute atomic E-state index is 12.1. The molecule has 0 unspecified atom stereocenters. The zero-order valence-corrected chi connectivity index (χ0v) is 13.9. The number of nitrogens with zero attached hydrogens (tertiary/aromatic N) is 2. The van der Waals surface area contributed by atoms with Crippen LogP contribution in [0.3, 0.4) is 0 Å². The van der Waals surface area contributed by atoms with Crippen LogP contribution in [0.2, 0.25) is 5.02 Å². The van der Waals surface area contributed by atoms with Crippen LogP contribution in [0.1, 0.15) is 5.56 Å². The highest BCUT2D eigenvalue weighted by Crippen LogP contribution is 2.20. The number of nitro benzene ring substituents is 1. The quantitative estimate of drug-likeness (QED) is 0.364. The molecular formula is C17H13ClN4O3. The van der Waals surface area contributed by atoms with E-state index < -0.39 is 10.8 Å². The molecule has 0 saturated heterocycles. The number of amides is 1. The van der Waals surface area contributed by atoms with E-state index >= 15 is 0 Å². The summed E-state index contributed by atoms with van der Waals surface area (Å²) in [6.07, 6.45) is 1.29. The number of nitro groups is 1. The lowest BCUT2D eigenvalue weighted by molar-refractivity contribution is -0.384. The highest BCUT2D eigenvalue weighted by molar-refractivity contribution is 6.30. The average Bonchev–Trinajstić information content (AvgIpc) is 2.57. The SMILES string of the molecule is Cc1cc(Cl)ccc1N/C=C(/C#N)C(=O)Nc1ccc([N+](=O)[O-])cc1. The fourth-order valence-corrected chi connectivity index (χ4v) is 2.18. The summed E-state index contributed by atoms with van der Waals surface area (Å²) < 4.78 is 0. The molecule has 0 spiro atoms. The zero-order chi connectivity index (χ0) is 18.4. The van der Waals surface area contributed by atoms with Crippen LogP contribution >= 0.6 is 11.6 Å². The summed E-state index contributed by atoms with van der Waals surface area (Å²) >= 11 is 5.88. The van der Waals surface area contributed by atoms with Crippen molar-refractivity contribution in [2.24, 2.45) is 0 Å². The van der Waals surface area contributed by atoms with Crippen molar-refractivity contribution in [3.63, 3.8) is 0 Å². The molecule has 2 rings (SSSR count). The van der Waals surface area contributed by atoms with E-state index in [2.05, 4.69) is 10.6 Å². The number of nitriles is 1. The fourth-order valence-electron chi connectivity index (χ4n) is 1.95. The molecule has 0 saturated carbocycles. The van der Waals surface area contributed by atoms with Crippen molar-refractivity contribution in [1.82, 2.24) is 0 Å². The summed E-state index contributed by atoms with van der Waals surface area (Å²) in [4.78, 5) is 22.2. The molecule has 2 N–H and O–H groups in total. The van der Waals surface area contributed by atoms with Crippen LogP contribution in [0.25, 0.3) is 0 Å². The Kier molecular flexibility index (Phi) is 5.71. The van der Waals surface area contributed by atoms with Gasteiger partial charge < -0.3 is 10.6 Å². The molecule has 0 fully saturated rings. The molecule has 25 heavy (non-hydrogen) atoms. The van der Waals surface area contributed by atoms with E-state index in [1.165, 1.54) is 30.5 Å². The van der Waals surface area contributed by atoms with Crippen LogP contribution in [-0.4, -0.2) is 10.8 Å². The van der Waals surface area contributed by atoms with Gasteiger partial charge in [-0.3, -0.25) is 14.9 Å². The van der Waals surface area contributed by atoms with E-state index in [0.717, 1.165) is 5.56 Å². The molecule has 1 amide bonds. The second kappa shape index (κ2) is 7.95. The van der Waals surface area contributed by atoms with E-state index in [1.54, 1.807) is 24.3 Å². The Morgan fingerprint density at radius 2 is 1.96 bits per heavy atom. The number of benzene rings is 2. The van der Waals surface area contributed by atoms with Crippen molar-refractivity contribution in [2.45, 2.75) is 6.92 Å².